The van der Waals surface area contributed by atoms with Crippen LogP contribution in [0.15, 0.2) is 65.7 Å². The summed E-state index contributed by atoms with van der Waals surface area (Å²) in [7, 11) is 0. The number of aromatic nitrogens is 1. The second-order valence-electron chi connectivity index (χ2n) is 9.36. The van der Waals surface area contributed by atoms with E-state index in [1.165, 1.54) is 17.0 Å². The van der Waals surface area contributed by atoms with Crippen molar-refractivity contribution in [1.82, 2.24) is 9.88 Å². The Bertz CT molecular complexity index is 1190. The maximum absolute atomic E-state index is 12.9. The van der Waals surface area contributed by atoms with Gasteiger partial charge in [0.1, 0.15) is 0 Å². The normalized spacial score (nSPS) is 15.8. The van der Waals surface area contributed by atoms with Crippen molar-refractivity contribution < 1.29 is 18.0 Å². The average molecular weight is 514 g/mol. The molecule has 4 nitrogen and oxygen atoms in total. The topological polar surface area (TPSA) is 45.2 Å². The number of rotatable bonds is 8. The number of halogens is 3. The molecular formula is C28H30F3N3OS. The van der Waals surface area contributed by atoms with Gasteiger partial charge in [-0.05, 0) is 58.7 Å². The first kappa shape index (κ1) is 26.2. The Labute approximate surface area is 214 Å². The fraction of sp³-hybridized carbons (Fsp3) is 0.357. The van der Waals surface area contributed by atoms with Crippen LogP contribution in [-0.4, -0.2) is 21.5 Å². The van der Waals surface area contributed by atoms with Gasteiger partial charge < -0.3 is 5.32 Å². The average Bonchev–Trinajstić information content (AvgIpc) is 3.17. The first-order valence-electron chi connectivity index (χ1n) is 12.0. The number of thioether (sulfide) groups is 1. The number of alkyl halides is 3. The first-order valence-corrected chi connectivity index (χ1v) is 13.0. The molecule has 0 saturated carbocycles. The molecule has 3 aromatic rings. The predicted molar refractivity (Wildman–Crippen MR) is 138 cm³/mol. The lowest BCUT2D eigenvalue weighted by Crippen LogP contribution is -2.25. The van der Waals surface area contributed by atoms with E-state index >= 15 is 0 Å². The molecule has 1 aliphatic rings. The quantitative estimate of drug-likeness (QED) is 0.326. The number of carbonyl (C=O) groups excluding carboxylic acids is 1. The van der Waals surface area contributed by atoms with Crippen molar-refractivity contribution >= 4 is 23.4 Å². The highest BCUT2D eigenvalue weighted by Gasteiger charge is 2.34. The SMILES string of the molecule is CCSc1ccc(CC(=O)Nc2cnc3c(c2)CN(Cc2ccc(C(F)(F)F)cc2)C3C(C)C)cc1. The standard InChI is InChI=1S/C28H30F3N3OS/c1-4-36-24-11-7-19(8-12-24)13-25(35)33-23-14-21-17-34(27(18(2)3)26(21)32-15-23)16-20-5-9-22(10-6-20)28(29,30)31/h5-12,14-15,18,27H,4,13,16-17H2,1-3H3,(H,33,35). The molecule has 1 aliphatic heterocycles. The number of benzene rings is 2. The first-order chi connectivity index (χ1) is 17.1. The molecule has 0 fully saturated rings. The molecule has 2 heterocycles. The van der Waals surface area contributed by atoms with Gasteiger partial charge in [0.15, 0.2) is 0 Å². The highest BCUT2D eigenvalue weighted by atomic mass is 32.2. The van der Waals surface area contributed by atoms with Gasteiger partial charge in [0.2, 0.25) is 5.91 Å². The van der Waals surface area contributed by atoms with E-state index in [4.69, 9.17) is 0 Å². The van der Waals surface area contributed by atoms with E-state index in [9.17, 15) is 18.0 Å². The number of nitrogens with one attached hydrogen (secondary N) is 1. The number of anilines is 1. The van der Waals surface area contributed by atoms with Crippen molar-refractivity contribution in [3.8, 4) is 0 Å². The zero-order chi connectivity index (χ0) is 25.9. The molecule has 190 valence electrons. The van der Waals surface area contributed by atoms with Crippen LogP contribution in [0, 0.1) is 5.92 Å². The smallest absolute Gasteiger partial charge is 0.324 e. The molecule has 1 unspecified atom stereocenters. The summed E-state index contributed by atoms with van der Waals surface area (Å²) in [6.07, 6.45) is -2.37. The van der Waals surface area contributed by atoms with Crippen LogP contribution in [0.3, 0.4) is 0 Å². The fourth-order valence-corrected chi connectivity index (χ4v) is 5.32. The van der Waals surface area contributed by atoms with Crippen molar-refractivity contribution in [3.63, 3.8) is 0 Å². The van der Waals surface area contributed by atoms with Crippen LogP contribution in [-0.2, 0) is 30.5 Å². The molecule has 0 saturated heterocycles. The molecule has 8 heteroatoms. The Morgan fingerprint density at radius 2 is 1.78 bits per heavy atom. The molecule has 0 aliphatic carbocycles. The Morgan fingerprint density at radius 1 is 1.11 bits per heavy atom. The number of hydrogen-bond donors (Lipinski definition) is 1. The lowest BCUT2D eigenvalue weighted by molar-refractivity contribution is -0.137. The van der Waals surface area contributed by atoms with Crippen molar-refractivity contribution in [1.29, 1.82) is 0 Å². The number of carbonyl (C=O) groups is 1. The Kier molecular flexibility index (Phi) is 8.05. The van der Waals surface area contributed by atoms with Crippen LogP contribution < -0.4 is 5.32 Å². The zero-order valence-electron chi connectivity index (χ0n) is 20.6. The molecular weight excluding hydrogens is 483 g/mol. The lowest BCUT2D eigenvalue weighted by atomic mass is 9.99. The van der Waals surface area contributed by atoms with Gasteiger partial charge in [-0.15, -0.1) is 11.8 Å². The van der Waals surface area contributed by atoms with Crippen LogP contribution in [0.4, 0.5) is 18.9 Å². The van der Waals surface area contributed by atoms with Gasteiger partial charge in [0, 0.05) is 18.0 Å². The highest BCUT2D eigenvalue weighted by molar-refractivity contribution is 7.99. The fourth-order valence-electron chi connectivity index (χ4n) is 4.66. The summed E-state index contributed by atoms with van der Waals surface area (Å²) in [5, 5.41) is 2.96. The van der Waals surface area contributed by atoms with E-state index in [-0.39, 0.29) is 24.3 Å². The van der Waals surface area contributed by atoms with Gasteiger partial charge in [-0.2, -0.15) is 13.2 Å². The lowest BCUT2D eigenvalue weighted by Gasteiger charge is -2.27. The van der Waals surface area contributed by atoms with Gasteiger partial charge in [-0.1, -0.05) is 45.0 Å². The summed E-state index contributed by atoms with van der Waals surface area (Å²) in [6.45, 7) is 7.47. The van der Waals surface area contributed by atoms with E-state index in [2.05, 4.69) is 36.0 Å². The van der Waals surface area contributed by atoms with Gasteiger partial charge in [0.25, 0.3) is 0 Å². The van der Waals surface area contributed by atoms with E-state index in [1.54, 1.807) is 18.0 Å². The predicted octanol–water partition coefficient (Wildman–Crippen LogP) is 7.11. The van der Waals surface area contributed by atoms with Crippen LogP contribution in [0.5, 0.6) is 0 Å². The molecule has 1 N–H and O–H groups in total. The third-order valence-corrected chi connectivity index (χ3v) is 7.12. The third kappa shape index (κ3) is 6.28. The summed E-state index contributed by atoms with van der Waals surface area (Å²) in [4.78, 5) is 20.7. The minimum absolute atomic E-state index is 0.0477. The molecule has 1 atom stereocenters. The number of pyridine rings is 1. The molecule has 0 bridgehead atoms. The highest BCUT2D eigenvalue weighted by Crippen LogP contribution is 2.39. The Balaban J connectivity index is 1.43. The number of hydrogen-bond acceptors (Lipinski definition) is 4. The minimum atomic E-state index is -4.34. The Hall–Kier alpha value is -2.84. The summed E-state index contributed by atoms with van der Waals surface area (Å²) in [5.41, 5.74) is 3.76. The van der Waals surface area contributed by atoms with E-state index in [0.717, 1.165) is 40.3 Å². The summed E-state index contributed by atoms with van der Waals surface area (Å²) >= 11 is 1.76. The second kappa shape index (κ2) is 11.0. The summed E-state index contributed by atoms with van der Waals surface area (Å²) in [6, 6.07) is 15.4. The van der Waals surface area contributed by atoms with Gasteiger partial charge in [-0.25, -0.2) is 0 Å². The van der Waals surface area contributed by atoms with Crippen molar-refractivity contribution in [2.24, 2.45) is 5.92 Å². The minimum Gasteiger partial charge on any atom is -0.324 e. The summed E-state index contributed by atoms with van der Waals surface area (Å²) < 4.78 is 38.8. The number of amides is 1. The van der Waals surface area contributed by atoms with Crippen LogP contribution in [0.25, 0.3) is 0 Å². The van der Waals surface area contributed by atoms with Crippen molar-refractivity contribution in [2.75, 3.05) is 11.1 Å². The van der Waals surface area contributed by atoms with Crippen LogP contribution in [0.2, 0.25) is 0 Å². The molecule has 36 heavy (non-hydrogen) atoms. The second-order valence-corrected chi connectivity index (χ2v) is 10.7. The molecule has 0 radical (unpaired) electrons. The van der Waals surface area contributed by atoms with Gasteiger partial charge >= 0.3 is 6.18 Å². The number of fused-ring (bicyclic) bond motifs is 1. The maximum Gasteiger partial charge on any atom is 0.416 e. The zero-order valence-corrected chi connectivity index (χ0v) is 21.4. The molecule has 1 aromatic heterocycles. The largest absolute Gasteiger partial charge is 0.416 e. The monoisotopic (exact) mass is 513 g/mol. The molecule has 1 amide bonds. The van der Waals surface area contributed by atoms with E-state index in [1.807, 2.05) is 30.3 Å². The number of nitrogens with zero attached hydrogens (tertiary/aromatic N) is 2. The van der Waals surface area contributed by atoms with Gasteiger partial charge in [0.05, 0.1) is 35.6 Å². The maximum atomic E-state index is 12.9. The van der Waals surface area contributed by atoms with E-state index in [0.29, 0.717) is 18.8 Å². The summed E-state index contributed by atoms with van der Waals surface area (Å²) in [5.74, 6) is 1.17. The van der Waals surface area contributed by atoms with E-state index < -0.39 is 11.7 Å². The Morgan fingerprint density at radius 3 is 2.39 bits per heavy atom. The molecule has 0 spiro atoms. The van der Waals surface area contributed by atoms with Crippen molar-refractivity contribution in [3.05, 3.63) is 88.7 Å². The molecule has 4 rings (SSSR count). The van der Waals surface area contributed by atoms with Crippen molar-refractivity contribution in [2.45, 2.75) is 57.4 Å². The van der Waals surface area contributed by atoms with Crippen LogP contribution >= 0.6 is 11.8 Å². The third-order valence-electron chi connectivity index (χ3n) is 6.23. The van der Waals surface area contributed by atoms with Gasteiger partial charge in [-0.3, -0.25) is 14.7 Å². The molecule has 2 aromatic carbocycles. The van der Waals surface area contributed by atoms with Crippen LogP contribution in [0.1, 0.15) is 54.8 Å².